The minimum Gasteiger partial charge on any atom is -0.339 e. The van der Waals surface area contributed by atoms with Gasteiger partial charge >= 0.3 is 0 Å². The maximum atomic E-state index is 12.8. The lowest BCUT2D eigenvalue weighted by Crippen LogP contribution is -2.56. The van der Waals surface area contributed by atoms with E-state index in [1.807, 2.05) is 42.5 Å². The van der Waals surface area contributed by atoms with Gasteiger partial charge in [-0.1, -0.05) is 34.1 Å². The molecule has 3 aromatic rings. The molecular weight excluding hydrogens is 480 g/mol. The van der Waals surface area contributed by atoms with Gasteiger partial charge in [-0.05, 0) is 62.2 Å². The van der Waals surface area contributed by atoms with Crippen molar-refractivity contribution in [3.05, 3.63) is 70.8 Å². The van der Waals surface area contributed by atoms with Gasteiger partial charge in [0.15, 0.2) is 5.78 Å². The summed E-state index contributed by atoms with van der Waals surface area (Å²) in [4.78, 5) is 34.5. The number of carbonyl (C=O) groups excluding carboxylic acids is 2. The fourth-order valence-electron chi connectivity index (χ4n) is 5.02. The van der Waals surface area contributed by atoms with Crippen molar-refractivity contribution in [1.29, 1.82) is 0 Å². The van der Waals surface area contributed by atoms with Gasteiger partial charge in [0, 0.05) is 46.8 Å². The fourth-order valence-corrected chi connectivity index (χ4v) is 5.29. The Morgan fingerprint density at radius 2 is 1.85 bits per heavy atom. The molecule has 5 rings (SSSR count). The van der Waals surface area contributed by atoms with E-state index in [0.717, 1.165) is 60.0 Å². The van der Waals surface area contributed by atoms with Crippen molar-refractivity contribution >= 4 is 44.2 Å². The molecule has 2 aliphatic rings. The fraction of sp³-hybridized carbons (Fsp3) is 0.346. The number of hydrogen-bond donors (Lipinski definition) is 1. The van der Waals surface area contributed by atoms with Gasteiger partial charge in [-0.15, -0.1) is 0 Å². The molecule has 0 unspecified atom stereocenters. The molecule has 1 spiro atoms. The van der Waals surface area contributed by atoms with Crippen molar-refractivity contribution in [2.24, 2.45) is 0 Å². The van der Waals surface area contributed by atoms with Crippen LogP contribution in [0.25, 0.3) is 10.9 Å². The van der Waals surface area contributed by atoms with Crippen molar-refractivity contribution < 1.29 is 9.59 Å². The zero-order valence-electron chi connectivity index (χ0n) is 18.5. The number of benzene rings is 2. The number of fused-ring (bicyclic) bond motifs is 1. The highest BCUT2D eigenvalue weighted by Gasteiger charge is 2.50. The van der Waals surface area contributed by atoms with Gasteiger partial charge < -0.3 is 15.1 Å². The minimum atomic E-state index is -0.475. The molecule has 0 radical (unpaired) electrons. The molecule has 0 bridgehead atoms. The molecule has 7 heteroatoms. The first kappa shape index (κ1) is 22.0. The van der Waals surface area contributed by atoms with Crippen molar-refractivity contribution in [3.63, 3.8) is 0 Å². The van der Waals surface area contributed by atoms with Crippen LogP contribution in [0.1, 0.15) is 36.0 Å². The summed E-state index contributed by atoms with van der Waals surface area (Å²) in [5, 5.41) is 4.05. The van der Waals surface area contributed by atoms with Gasteiger partial charge in [-0.3, -0.25) is 14.6 Å². The molecule has 0 saturated carbocycles. The number of rotatable bonds is 6. The Kier molecular flexibility index (Phi) is 6.17. The van der Waals surface area contributed by atoms with Crippen molar-refractivity contribution in [1.82, 2.24) is 15.2 Å². The van der Waals surface area contributed by atoms with Crippen molar-refractivity contribution in [2.75, 3.05) is 31.2 Å². The molecule has 1 aromatic heterocycles. The van der Waals surface area contributed by atoms with E-state index in [1.54, 1.807) is 6.20 Å². The summed E-state index contributed by atoms with van der Waals surface area (Å²) in [6, 6.07) is 17.9. The summed E-state index contributed by atoms with van der Waals surface area (Å²) in [5.41, 5.74) is 2.18. The predicted molar refractivity (Wildman–Crippen MR) is 133 cm³/mol. The Balaban J connectivity index is 1.16. The van der Waals surface area contributed by atoms with Crippen LogP contribution in [0.3, 0.4) is 0 Å². The Hall–Kier alpha value is -2.77. The van der Waals surface area contributed by atoms with Crippen LogP contribution < -0.4 is 10.2 Å². The zero-order chi connectivity index (χ0) is 22.8. The monoisotopic (exact) mass is 506 g/mol. The van der Waals surface area contributed by atoms with E-state index in [9.17, 15) is 9.59 Å². The highest BCUT2D eigenvalue weighted by atomic mass is 79.9. The maximum absolute atomic E-state index is 12.8. The second-order valence-electron chi connectivity index (χ2n) is 8.89. The van der Waals surface area contributed by atoms with Crippen molar-refractivity contribution in [2.45, 2.75) is 31.2 Å². The van der Waals surface area contributed by atoms with Gasteiger partial charge in [0.25, 0.3) is 0 Å². The van der Waals surface area contributed by atoms with E-state index >= 15 is 0 Å². The number of hydrogen-bond acceptors (Lipinski definition) is 5. The number of nitrogens with one attached hydrogen (secondary N) is 1. The quantitative estimate of drug-likeness (QED) is 0.502. The van der Waals surface area contributed by atoms with Crippen LogP contribution in [0.15, 0.2) is 65.3 Å². The number of para-hydroxylation sites is 1. The number of aromatic nitrogens is 1. The lowest BCUT2D eigenvalue weighted by Gasteiger charge is -2.43. The number of anilines is 1. The second kappa shape index (κ2) is 9.23. The largest absolute Gasteiger partial charge is 0.339 e. The summed E-state index contributed by atoms with van der Waals surface area (Å²) in [6.07, 6.45) is 4.58. The molecule has 170 valence electrons. The van der Waals surface area contributed by atoms with Crippen LogP contribution in [0.4, 0.5) is 5.69 Å². The number of ketones is 1. The molecule has 2 saturated heterocycles. The highest BCUT2D eigenvalue weighted by Crippen LogP contribution is 2.36. The number of nitrogens with zero attached hydrogens (tertiary/aromatic N) is 3. The average Bonchev–Trinajstić information content (AvgIpc) is 3.16. The third-order valence-corrected chi connectivity index (χ3v) is 7.48. The number of amides is 1. The zero-order valence-corrected chi connectivity index (χ0v) is 20.1. The molecule has 1 amide bonds. The molecular formula is C26H27BrN4O2. The Bertz CT molecular complexity index is 1170. The Morgan fingerprint density at radius 1 is 1.09 bits per heavy atom. The van der Waals surface area contributed by atoms with Gasteiger partial charge in [-0.2, -0.15) is 0 Å². The number of Topliss-reactive ketones (excluding diaryl/α,β-unsaturated/α-hetero) is 1. The molecule has 2 aliphatic heterocycles. The van der Waals surface area contributed by atoms with E-state index in [-0.39, 0.29) is 11.7 Å². The highest BCUT2D eigenvalue weighted by molar-refractivity contribution is 9.10. The first-order chi connectivity index (χ1) is 16.0. The standard InChI is InChI=1S/C26H27BrN4O2/c27-21-7-9-22(10-8-21)31-18-29-25(33)26(31)11-14-30(15-12-26)13-3-6-24(32)20-16-19-4-1-2-5-23(19)28-17-20/h1-2,4-5,7-10,16-17H,3,6,11-15,18H2,(H,29,33). The number of piperidine rings is 1. The lowest BCUT2D eigenvalue weighted by molar-refractivity contribution is -0.125. The summed E-state index contributed by atoms with van der Waals surface area (Å²) in [5.74, 6) is 0.266. The topological polar surface area (TPSA) is 65.5 Å². The van der Waals surface area contributed by atoms with E-state index in [1.165, 1.54) is 0 Å². The lowest BCUT2D eigenvalue weighted by atomic mass is 9.85. The summed E-state index contributed by atoms with van der Waals surface area (Å²) >= 11 is 3.49. The molecule has 3 heterocycles. The van der Waals surface area contributed by atoms with Gasteiger partial charge in [0.2, 0.25) is 5.91 Å². The van der Waals surface area contributed by atoms with Crippen LogP contribution in [0, 0.1) is 0 Å². The van der Waals surface area contributed by atoms with Gasteiger partial charge in [-0.25, -0.2) is 0 Å². The van der Waals surface area contributed by atoms with Crippen molar-refractivity contribution in [3.8, 4) is 0 Å². The van der Waals surface area contributed by atoms with E-state index in [4.69, 9.17) is 0 Å². The van der Waals surface area contributed by atoms with Crippen LogP contribution in [0.2, 0.25) is 0 Å². The first-order valence-corrected chi connectivity index (χ1v) is 12.3. The van der Waals surface area contributed by atoms with Gasteiger partial charge in [0.05, 0.1) is 12.2 Å². The number of pyridine rings is 1. The third-order valence-electron chi connectivity index (χ3n) is 6.95. The molecule has 33 heavy (non-hydrogen) atoms. The molecule has 2 fully saturated rings. The molecule has 1 N–H and O–H groups in total. The number of likely N-dealkylation sites (tertiary alicyclic amines) is 1. The second-order valence-corrected chi connectivity index (χ2v) is 9.80. The van der Waals surface area contributed by atoms with Crippen LogP contribution in [-0.4, -0.2) is 53.4 Å². The molecule has 2 aromatic carbocycles. The molecule has 6 nitrogen and oxygen atoms in total. The SMILES string of the molecule is O=C(CCCN1CCC2(CC1)C(=O)NCN2c1ccc(Br)cc1)c1cnc2ccccc2c1. The van der Waals surface area contributed by atoms with Crippen LogP contribution >= 0.6 is 15.9 Å². The third kappa shape index (κ3) is 4.39. The Labute approximate surface area is 202 Å². The minimum absolute atomic E-state index is 0.129. The van der Waals surface area contributed by atoms with E-state index in [2.05, 4.69) is 48.2 Å². The normalized spacial score (nSPS) is 18.1. The summed E-state index contributed by atoms with van der Waals surface area (Å²) in [6.45, 7) is 3.12. The van der Waals surface area contributed by atoms with E-state index < -0.39 is 5.54 Å². The average molecular weight is 507 g/mol. The summed E-state index contributed by atoms with van der Waals surface area (Å²) < 4.78 is 1.03. The first-order valence-electron chi connectivity index (χ1n) is 11.5. The molecule has 0 atom stereocenters. The number of carbonyl (C=O) groups is 2. The smallest absolute Gasteiger partial charge is 0.247 e. The maximum Gasteiger partial charge on any atom is 0.247 e. The Morgan fingerprint density at radius 3 is 2.64 bits per heavy atom. The van der Waals surface area contributed by atoms with Crippen LogP contribution in [0.5, 0.6) is 0 Å². The van der Waals surface area contributed by atoms with Gasteiger partial charge in [0.1, 0.15) is 5.54 Å². The number of halogens is 1. The van der Waals surface area contributed by atoms with Crippen LogP contribution in [-0.2, 0) is 4.79 Å². The summed E-state index contributed by atoms with van der Waals surface area (Å²) in [7, 11) is 0. The molecule has 0 aliphatic carbocycles. The van der Waals surface area contributed by atoms with E-state index in [0.29, 0.717) is 18.7 Å². The predicted octanol–water partition coefficient (Wildman–Crippen LogP) is 4.39.